The molecule has 170 valence electrons. The number of nitrogens with one attached hydrogen (secondary N) is 1. The molecule has 0 saturated carbocycles. The summed E-state index contributed by atoms with van der Waals surface area (Å²) in [6.45, 7) is 5.93. The van der Waals surface area contributed by atoms with Crippen LogP contribution >= 0.6 is 0 Å². The van der Waals surface area contributed by atoms with Crippen LogP contribution in [0.2, 0.25) is 0 Å². The smallest absolute Gasteiger partial charge is 0.326 e. The number of rotatable bonds is 19. The highest BCUT2D eigenvalue weighted by atomic mass is 16.5. The average molecular weight is 414 g/mol. The summed E-state index contributed by atoms with van der Waals surface area (Å²) in [5.74, 6) is -1.80. The Kier molecular flexibility index (Phi) is 17.4. The summed E-state index contributed by atoms with van der Waals surface area (Å²) in [6, 6.07) is -1.04. The highest BCUT2D eigenvalue weighted by Gasteiger charge is 2.21. The van der Waals surface area contributed by atoms with Gasteiger partial charge < -0.3 is 15.2 Å². The van der Waals surface area contributed by atoms with Crippen LogP contribution in [0.15, 0.2) is 0 Å². The Labute approximate surface area is 177 Å². The average Bonchev–Trinajstić information content (AvgIpc) is 2.68. The van der Waals surface area contributed by atoms with Crippen molar-refractivity contribution in [3.8, 4) is 0 Å². The van der Waals surface area contributed by atoms with E-state index < -0.39 is 18.0 Å². The highest BCUT2D eigenvalue weighted by Crippen LogP contribution is 2.12. The van der Waals surface area contributed by atoms with Gasteiger partial charge in [0, 0.05) is 12.8 Å². The number of carboxylic acids is 1. The molecule has 0 rings (SSSR count). The van der Waals surface area contributed by atoms with Crippen LogP contribution in [0.3, 0.4) is 0 Å². The van der Waals surface area contributed by atoms with Crippen molar-refractivity contribution in [3.05, 3.63) is 0 Å². The second-order valence-corrected chi connectivity index (χ2v) is 7.99. The van der Waals surface area contributed by atoms with Crippen molar-refractivity contribution < 1.29 is 24.2 Å². The van der Waals surface area contributed by atoms with Crippen LogP contribution < -0.4 is 5.32 Å². The SMILES string of the molecule is CCCCCCCCCCCCCC(=O)N[C@@H](CCC(=O)OC(C)CC)C(=O)O. The van der Waals surface area contributed by atoms with Gasteiger partial charge in [0.25, 0.3) is 0 Å². The number of aliphatic carboxylic acids is 1. The summed E-state index contributed by atoms with van der Waals surface area (Å²) in [5, 5.41) is 11.8. The molecule has 0 aliphatic rings. The lowest BCUT2D eigenvalue weighted by atomic mass is 10.0. The Morgan fingerprint density at radius 1 is 0.828 bits per heavy atom. The molecule has 6 heteroatoms. The third kappa shape index (κ3) is 17.0. The standard InChI is InChI=1S/C23H43NO5/c1-4-6-7-8-9-10-11-12-13-14-15-16-21(25)24-20(23(27)28)17-18-22(26)29-19(3)5-2/h19-20H,4-18H2,1-3H3,(H,24,25)(H,27,28)/t19?,20-/m0/s1. The van der Waals surface area contributed by atoms with Crippen molar-refractivity contribution in [2.75, 3.05) is 0 Å². The number of carbonyl (C=O) groups excluding carboxylic acids is 2. The fourth-order valence-corrected chi connectivity index (χ4v) is 3.10. The minimum Gasteiger partial charge on any atom is -0.480 e. The number of ether oxygens (including phenoxy) is 1. The van der Waals surface area contributed by atoms with E-state index in [2.05, 4.69) is 12.2 Å². The van der Waals surface area contributed by atoms with Crippen molar-refractivity contribution >= 4 is 17.8 Å². The zero-order valence-electron chi connectivity index (χ0n) is 18.8. The third-order valence-corrected chi connectivity index (χ3v) is 5.19. The first kappa shape index (κ1) is 27.4. The minimum atomic E-state index is -1.12. The van der Waals surface area contributed by atoms with E-state index in [-0.39, 0.29) is 24.9 Å². The van der Waals surface area contributed by atoms with E-state index in [9.17, 15) is 19.5 Å². The van der Waals surface area contributed by atoms with Gasteiger partial charge in [0.15, 0.2) is 0 Å². The first-order valence-corrected chi connectivity index (χ1v) is 11.6. The first-order chi connectivity index (χ1) is 13.9. The molecule has 0 aromatic rings. The molecule has 2 atom stereocenters. The van der Waals surface area contributed by atoms with Crippen LogP contribution in [-0.2, 0) is 19.1 Å². The molecule has 0 heterocycles. The molecule has 2 N–H and O–H groups in total. The number of amides is 1. The topological polar surface area (TPSA) is 92.7 Å². The van der Waals surface area contributed by atoms with Gasteiger partial charge in [-0.2, -0.15) is 0 Å². The predicted molar refractivity (Wildman–Crippen MR) is 116 cm³/mol. The molecule has 0 radical (unpaired) electrons. The number of carbonyl (C=O) groups is 3. The molecule has 0 aliphatic carbocycles. The van der Waals surface area contributed by atoms with Crippen LogP contribution in [-0.4, -0.2) is 35.1 Å². The van der Waals surface area contributed by atoms with Gasteiger partial charge in [0.2, 0.25) is 5.91 Å². The van der Waals surface area contributed by atoms with E-state index in [4.69, 9.17) is 4.74 Å². The third-order valence-electron chi connectivity index (χ3n) is 5.19. The summed E-state index contributed by atoms with van der Waals surface area (Å²) in [4.78, 5) is 35.0. The fourth-order valence-electron chi connectivity index (χ4n) is 3.10. The molecule has 29 heavy (non-hydrogen) atoms. The van der Waals surface area contributed by atoms with Crippen molar-refractivity contribution in [2.45, 2.75) is 129 Å². The van der Waals surface area contributed by atoms with Crippen LogP contribution in [0.25, 0.3) is 0 Å². The fraction of sp³-hybridized carbons (Fsp3) is 0.870. The molecule has 0 aliphatic heterocycles. The summed E-state index contributed by atoms with van der Waals surface area (Å²) in [6.07, 6.45) is 14.2. The molecule has 0 spiro atoms. The van der Waals surface area contributed by atoms with Gasteiger partial charge in [-0.25, -0.2) is 4.79 Å². The monoisotopic (exact) mass is 413 g/mol. The van der Waals surface area contributed by atoms with E-state index in [1.165, 1.54) is 51.4 Å². The second kappa shape index (κ2) is 18.4. The van der Waals surface area contributed by atoms with Gasteiger partial charge in [-0.15, -0.1) is 0 Å². The number of esters is 1. The van der Waals surface area contributed by atoms with Crippen molar-refractivity contribution in [1.29, 1.82) is 0 Å². The summed E-state index contributed by atoms with van der Waals surface area (Å²) < 4.78 is 5.13. The van der Waals surface area contributed by atoms with Crippen molar-refractivity contribution in [3.63, 3.8) is 0 Å². The van der Waals surface area contributed by atoms with Crippen LogP contribution in [0.4, 0.5) is 0 Å². The Balaban J connectivity index is 3.80. The van der Waals surface area contributed by atoms with Gasteiger partial charge in [0.05, 0.1) is 6.10 Å². The molecule has 1 amide bonds. The quantitative estimate of drug-likeness (QED) is 0.219. The van der Waals surface area contributed by atoms with Crippen LogP contribution in [0.5, 0.6) is 0 Å². The maximum atomic E-state index is 12.0. The Morgan fingerprint density at radius 2 is 1.34 bits per heavy atom. The molecule has 1 unspecified atom stereocenters. The summed E-state index contributed by atoms with van der Waals surface area (Å²) in [5.41, 5.74) is 0. The van der Waals surface area contributed by atoms with Crippen LogP contribution in [0.1, 0.15) is 117 Å². The Hall–Kier alpha value is -1.59. The summed E-state index contributed by atoms with van der Waals surface area (Å²) in [7, 11) is 0. The lowest BCUT2D eigenvalue weighted by Gasteiger charge is -2.15. The Morgan fingerprint density at radius 3 is 1.83 bits per heavy atom. The molecular weight excluding hydrogens is 370 g/mol. The second-order valence-electron chi connectivity index (χ2n) is 7.99. The highest BCUT2D eigenvalue weighted by molar-refractivity contribution is 5.84. The Bertz CT molecular complexity index is 453. The van der Waals surface area contributed by atoms with E-state index in [0.29, 0.717) is 12.8 Å². The minimum absolute atomic E-state index is 0.0139. The molecule has 0 aromatic carbocycles. The number of carboxylic acid groups (broad SMARTS) is 1. The molecule has 0 aromatic heterocycles. The van der Waals surface area contributed by atoms with Gasteiger partial charge in [-0.3, -0.25) is 9.59 Å². The van der Waals surface area contributed by atoms with E-state index in [1.807, 2.05) is 6.92 Å². The molecule has 6 nitrogen and oxygen atoms in total. The van der Waals surface area contributed by atoms with Gasteiger partial charge in [0.1, 0.15) is 6.04 Å². The van der Waals surface area contributed by atoms with Crippen LogP contribution in [0, 0.1) is 0 Å². The summed E-state index contributed by atoms with van der Waals surface area (Å²) >= 11 is 0. The number of hydrogen-bond acceptors (Lipinski definition) is 4. The lowest BCUT2D eigenvalue weighted by Crippen LogP contribution is -2.41. The molecule has 0 bridgehead atoms. The normalized spacial score (nSPS) is 12.9. The predicted octanol–water partition coefficient (Wildman–Crippen LogP) is 5.38. The van der Waals surface area contributed by atoms with E-state index in [0.717, 1.165) is 19.3 Å². The van der Waals surface area contributed by atoms with Gasteiger partial charge in [-0.05, 0) is 26.2 Å². The largest absolute Gasteiger partial charge is 0.480 e. The molecule has 0 saturated heterocycles. The number of hydrogen-bond donors (Lipinski definition) is 2. The maximum Gasteiger partial charge on any atom is 0.326 e. The zero-order valence-corrected chi connectivity index (χ0v) is 18.8. The first-order valence-electron chi connectivity index (χ1n) is 11.6. The van der Waals surface area contributed by atoms with E-state index >= 15 is 0 Å². The number of unbranched alkanes of at least 4 members (excludes halogenated alkanes) is 10. The van der Waals surface area contributed by atoms with E-state index in [1.54, 1.807) is 6.92 Å². The lowest BCUT2D eigenvalue weighted by molar-refractivity contribution is -0.149. The maximum absolute atomic E-state index is 12.0. The molecular formula is C23H43NO5. The van der Waals surface area contributed by atoms with Gasteiger partial charge >= 0.3 is 11.9 Å². The molecule has 0 fully saturated rings. The zero-order chi connectivity index (χ0) is 21.9. The van der Waals surface area contributed by atoms with Gasteiger partial charge in [-0.1, -0.05) is 78.1 Å². The van der Waals surface area contributed by atoms with Crippen molar-refractivity contribution in [1.82, 2.24) is 5.32 Å². The van der Waals surface area contributed by atoms with Crippen molar-refractivity contribution in [2.24, 2.45) is 0 Å².